The van der Waals surface area contributed by atoms with Gasteiger partial charge in [-0.05, 0) is 72.6 Å². The molecule has 1 saturated heterocycles. The van der Waals surface area contributed by atoms with E-state index in [1.165, 1.54) is 11.8 Å². The van der Waals surface area contributed by atoms with Crippen molar-refractivity contribution in [1.82, 2.24) is 5.32 Å². The van der Waals surface area contributed by atoms with Crippen molar-refractivity contribution in [2.45, 2.75) is 20.5 Å². The summed E-state index contributed by atoms with van der Waals surface area (Å²) in [6.07, 6.45) is 1.72. The molecular weight excluding hydrogens is 499 g/mol. The standard InChI is InChI=1S/C25H19Cl3N2O2S/c1-14-5-3-6-16(9-14)13-32-23-19(27)10-17(11-20(23)28)12-22-24(31)30-25(33-22)29-21-8-4-7-18(26)15(21)2/h3-12H,13H2,1-2H3,(H,29,30,31)/b22-12+. The molecule has 0 atom stereocenters. The molecule has 1 fully saturated rings. The van der Waals surface area contributed by atoms with E-state index >= 15 is 0 Å². The molecular formula is C25H19Cl3N2O2S. The van der Waals surface area contributed by atoms with Crippen LogP contribution < -0.4 is 10.1 Å². The smallest absolute Gasteiger partial charge is 0.264 e. The third-order valence-electron chi connectivity index (χ3n) is 4.90. The molecule has 1 aliphatic heterocycles. The Morgan fingerprint density at radius 3 is 2.45 bits per heavy atom. The Hall–Kier alpha value is -2.44. The number of aryl methyl sites for hydroxylation is 1. The van der Waals surface area contributed by atoms with Crippen LogP contribution >= 0.6 is 46.6 Å². The fourth-order valence-electron chi connectivity index (χ4n) is 3.22. The van der Waals surface area contributed by atoms with Crippen LogP contribution in [0.2, 0.25) is 15.1 Å². The maximum atomic E-state index is 12.5. The van der Waals surface area contributed by atoms with Crippen molar-refractivity contribution in [3.63, 3.8) is 0 Å². The highest BCUT2D eigenvalue weighted by Gasteiger charge is 2.24. The first kappa shape index (κ1) is 23.7. The van der Waals surface area contributed by atoms with Crippen molar-refractivity contribution in [3.8, 4) is 5.75 Å². The summed E-state index contributed by atoms with van der Waals surface area (Å²) in [5.74, 6) is 0.162. The Labute approximate surface area is 211 Å². The zero-order chi connectivity index (χ0) is 23.5. The number of carbonyl (C=O) groups excluding carboxylic acids is 1. The van der Waals surface area contributed by atoms with Crippen LogP contribution in [0.25, 0.3) is 6.08 Å². The van der Waals surface area contributed by atoms with Gasteiger partial charge in [-0.15, -0.1) is 0 Å². The minimum atomic E-state index is -0.245. The second-order valence-electron chi connectivity index (χ2n) is 7.46. The Bertz CT molecular complexity index is 1280. The van der Waals surface area contributed by atoms with E-state index in [4.69, 9.17) is 39.5 Å². The van der Waals surface area contributed by atoms with E-state index < -0.39 is 0 Å². The van der Waals surface area contributed by atoms with Crippen LogP contribution in [0.3, 0.4) is 0 Å². The van der Waals surface area contributed by atoms with Crippen LogP contribution in [-0.2, 0) is 11.4 Å². The van der Waals surface area contributed by atoms with Gasteiger partial charge in [0.1, 0.15) is 6.61 Å². The van der Waals surface area contributed by atoms with Crippen molar-refractivity contribution < 1.29 is 9.53 Å². The van der Waals surface area contributed by atoms with Gasteiger partial charge < -0.3 is 10.1 Å². The lowest BCUT2D eigenvalue weighted by Crippen LogP contribution is -2.19. The molecule has 1 heterocycles. The van der Waals surface area contributed by atoms with Crippen LogP contribution in [0, 0.1) is 13.8 Å². The molecule has 1 aliphatic rings. The van der Waals surface area contributed by atoms with E-state index in [1.54, 1.807) is 24.3 Å². The van der Waals surface area contributed by atoms with Gasteiger partial charge in [0.2, 0.25) is 0 Å². The van der Waals surface area contributed by atoms with E-state index in [9.17, 15) is 4.79 Å². The molecule has 8 heteroatoms. The average Bonchev–Trinajstić information content (AvgIpc) is 3.09. The van der Waals surface area contributed by atoms with Crippen molar-refractivity contribution in [2.24, 2.45) is 4.99 Å². The molecule has 4 rings (SSSR count). The number of hydrogen-bond donors (Lipinski definition) is 1. The Kier molecular flexibility index (Phi) is 7.35. The second-order valence-corrected chi connectivity index (χ2v) is 9.71. The molecule has 3 aromatic carbocycles. The number of ether oxygens (including phenoxy) is 1. The van der Waals surface area contributed by atoms with E-state index in [0.29, 0.717) is 48.7 Å². The van der Waals surface area contributed by atoms with Gasteiger partial charge in [-0.3, -0.25) is 4.79 Å². The number of aliphatic imine (C=N–C) groups is 1. The number of carbonyl (C=O) groups is 1. The van der Waals surface area contributed by atoms with Gasteiger partial charge in [-0.25, -0.2) is 4.99 Å². The first-order valence-corrected chi connectivity index (χ1v) is 12.0. The molecule has 168 valence electrons. The van der Waals surface area contributed by atoms with Crippen LogP contribution in [0.5, 0.6) is 5.75 Å². The molecule has 1 amide bonds. The fraction of sp³-hybridized carbons (Fsp3) is 0.120. The van der Waals surface area contributed by atoms with Gasteiger partial charge >= 0.3 is 0 Å². The van der Waals surface area contributed by atoms with Crippen LogP contribution in [-0.4, -0.2) is 11.1 Å². The summed E-state index contributed by atoms with van der Waals surface area (Å²) in [6, 6.07) is 16.9. The molecule has 0 aromatic heterocycles. The largest absolute Gasteiger partial charge is 0.486 e. The maximum Gasteiger partial charge on any atom is 0.264 e. The SMILES string of the molecule is Cc1cccc(COc2c(Cl)cc(/C=C3/SC(=Nc4cccc(Cl)c4C)NC3=O)cc2Cl)c1. The predicted octanol–water partition coefficient (Wildman–Crippen LogP) is 7.73. The summed E-state index contributed by atoms with van der Waals surface area (Å²) in [7, 11) is 0. The third kappa shape index (κ3) is 5.74. The van der Waals surface area contributed by atoms with Crippen molar-refractivity contribution in [3.05, 3.63) is 96.8 Å². The van der Waals surface area contributed by atoms with Crippen molar-refractivity contribution >= 4 is 69.4 Å². The maximum absolute atomic E-state index is 12.5. The van der Waals surface area contributed by atoms with Crippen LogP contribution in [0.1, 0.15) is 22.3 Å². The highest BCUT2D eigenvalue weighted by Crippen LogP contribution is 2.37. The zero-order valence-electron chi connectivity index (χ0n) is 17.8. The molecule has 0 bridgehead atoms. The molecule has 0 unspecified atom stereocenters. The zero-order valence-corrected chi connectivity index (χ0v) is 20.9. The van der Waals surface area contributed by atoms with Crippen LogP contribution in [0.15, 0.2) is 64.5 Å². The first-order chi connectivity index (χ1) is 15.8. The van der Waals surface area contributed by atoms with Gasteiger partial charge in [0, 0.05) is 5.02 Å². The predicted molar refractivity (Wildman–Crippen MR) is 139 cm³/mol. The van der Waals surface area contributed by atoms with Gasteiger partial charge in [0.05, 0.1) is 20.6 Å². The molecule has 1 N–H and O–H groups in total. The minimum Gasteiger partial charge on any atom is -0.486 e. The molecule has 4 nitrogen and oxygen atoms in total. The van der Waals surface area contributed by atoms with Crippen LogP contribution in [0.4, 0.5) is 5.69 Å². The monoisotopic (exact) mass is 516 g/mol. The number of nitrogens with one attached hydrogen (secondary N) is 1. The number of halogens is 3. The van der Waals surface area contributed by atoms with Gasteiger partial charge in [0.25, 0.3) is 5.91 Å². The van der Waals surface area contributed by atoms with Gasteiger partial charge in [-0.1, -0.05) is 70.7 Å². The van der Waals surface area contributed by atoms with Crippen molar-refractivity contribution in [1.29, 1.82) is 0 Å². The normalized spacial score (nSPS) is 15.8. The molecule has 0 aliphatic carbocycles. The lowest BCUT2D eigenvalue weighted by molar-refractivity contribution is -0.115. The third-order valence-corrected chi connectivity index (χ3v) is 6.78. The summed E-state index contributed by atoms with van der Waals surface area (Å²) in [4.78, 5) is 17.5. The van der Waals surface area contributed by atoms with Gasteiger partial charge in [-0.2, -0.15) is 0 Å². The fourth-order valence-corrected chi connectivity index (χ4v) is 4.83. The Balaban J connectivity index is 1.52. The highest BCUT2D eigenvalue weighted by molar-refractivity contribution is 8.18. The summed E-state index contributed by atoms with van der Waals surface area (Å²) >= 11 is 20.3. The Morgan fingerprint density at radius 1 is 1.00 bits per heavy atom. The highest BCUT2D eigenvalue weighted by atomic mass is 35.5. The van der Waals surface area contributed by atoms with E-state index in [1.807, 2.05) is 50.2 Å². The summed E-state index contributed by atoms with van der Waals surface area (Å²) < 4.78 is 5.86. The van der Waals surface area contributed by atoms with Crippen molar-refractivity contribution in [2.75, 3.05) is 0 Å². The molecule has 33 heavy (non-hydrogen) atoms. The number of thioether (sulfide) groups is 1. The summed E-state index contributed by atoms with van der Waals surface area (Å²) in [5.41, 5.74) is 4.41. The lowest BCUT2D eigenvalue weighted by Gasteiger charge is -2.11. The van der Waals surface area contributed by atoms with Gasteiger partial charge in [0.15, 0.2) is 10.9 Å². The number of hydrogen-bond acceptors (Lipinski definition) is 4. The number of amidine groups is 1. The quantitative estimate of drug-likeness (QED) is 0.352. The number of nitrogens with zero attached hydrogens (tertiary/aromatic N) is 1. The number of amides is 1. The minimum absolute atomic E-state index is 0.245. The molecule has 3 aromatic rings. The van der Waals surface area contributed by atoms with E-state index in [2.05, 4.69) is 10.3 Å². The Morgan fingerprint density at radius 2 is 1.73 bits per heavy atom. The summed E-state index contributed by atoms with van der Waals surface area (Å²) in [6.45, 7) is 4.25. The topological polar surface area (TPSA) is 50.7 Å². The number of rotatable bonds is 5. The molecule has 0 radical (unpaired) electrons. The van der Waals surface area contributed by atoms with E-state index in [-0.39, 0.29) is 5.91 Å². The molecule has 0 saturated carbocycles. The number of benzene rings is 3. The second kappa shape index (κ2) is 10.2. The lowest BCUT2D eigenvalue weighted by atomic mass is 10.1. The summed E-state index contributed by atoms with van der Waals surface area (Å²) in [5, 5.41) is 4.61. The first-order valence-electron chi connectivity index (χ1n) is 10.0. The molecule has 0 spiro atoms. The average molecular weight is 518 g/mol. The van der Waals surface area contributed by atoms with E-state index in [0.717, 1.165) is 16.7 Å².